The average Bonchev–Trinajstić information content (AvgIpc) is 3.25. The summed E-state index contributed by atoms with van der Waals surface area (Å²) < 4.78 is 5.52. The minimum absolute atomic E-state index is 0.441. The van der Waals surface area contributed by atoms with Gasteiger partial charge in [0.2, 0.25) is 5.95 Å². The van der Waals surface area contributed by atoms with Crippen molar-refractivity contribution in [3.05, 3.63) is 60.0 Å². The minimum atomic E-state index is 0.441. The van der Waals surface area contributed by atoms with E-state index in [-0.39, 0.29) is 0 Å². The van der Waals surface area contributed by atoms with Gasteiger partial charge in [-0.2, -0.15) is 15.1 Å². The summed E-state index contributed by atoms with van der Waals surface area (Å²) in [6, 6.07) is 16.0. The molecule has 0 spiro atoms. The fraction of sp³-hybridized carbons (Fsp3) is 0.333. The molecule has 4 heterocycles. The van der Waals surface area contributed by atoms with Gasteiger partial charge in [-0.05, 0) is 25.7 Å². The molecule has 2 aliphatic rings. The van der Waals surface area contributed by atoms with Crippen molar-refractivity contribution in [1.29, 1.82) is 0 Å². The van der Waals surface area contributed by atoms with Crippen molar-refractivity contribution in [2.75, 3.05) is 28.6 Å². The number of H-pyrrole nitrogens is 1. The van der Waals surface area contributed by atoms with Crippen LogP contribution in [0.15, 0.2) is 53.1 Å². The highest BCUT2D eigenvalue weighted by Gasteiger charge is 2.25. The van der Waals surface area contributed by atoms with Crippen LogP contribution in [0.4, 0.5) is 23.4 Å². The van der Waals surface area contributed by atoms with Gasteiger partial charge < -0.3 is 20.1 Å². The molecule has 0 unspecified atom stereocenters. The lowest BCUT2D eigenvalue weighted by Gasteiger charge is -2.18. The number of nitrogens with zero attached hydrogens (tertiary/aromatic N) is 5. The summed E-state index contributed by atoms with van der Waals surface area (Å²) in [4.78, 5) is 11.7. The van der Waals surface area contributed by atoms with Crippen molar-refractivity contribution in [2.24, 2.45) is 0 Å². The monoisotopic (exact) mass is 442 g/mol. The molecule has 0 radical (unpaired) electrons. The first-order chi connectivity index (χ1) is 16.3. The zero-order valence-corrected chi connectivity index (χ0v) is 18.3. The number of benzene rings is 1. The Morgan fingerprint density at radius 1 is 1.00 bits per heavy atom. The van der Waals surface area contributed by atoms with Crippen molar-refractivity contribution < 1.29 is 4.52 Å². The second-order valence-electron chi connectivity index (χ2n) is 8.63. The van der Waals surface area contributed by atoms with Crippen molar-refractivity contribution >= 4 is 23.4 Å². The zero-order valence-electron chi connectivity index (χ0n) is 18.3. The van der Waals surface area contributed by atoms with Crippen LogP contribution in [0.25, 0.3) is 11.3 Å². The fourth-order valence-corrected chi connectivity index (χ4v) is 4.13. The van der Waals surface area contributed by atoms with Gasteiger partial charge in [0.05, 0.1) is 6.54 Å². The first-order valence-corrected chi connectivity index (χ1v) is 11.5. The minimum Gasteiger partial charge on any atom is -0.359 e. The van der Waals surface area contributed by atoms with E-state index in [9.17, 15) is 0 Å². The van der Waals surface area contributed by atoms with E-state index >= 15 is 0 Å². The van der Waals surface area contributed by atoms with E-state index < -0.39 is 0 Å². The van der Waals surface area contributed by atoms with Gasteiger partial charge >= 0.3 is 0 Å². The van der Waals surface area contributed by atoms with Gasteiger partial charge in [-0.3, -0.25) is 5.10 Å². The third kappa shape index (κ3) is 4.52. The number of rotatable bonds is 8. The largest absolute Gasteiger partial charge is 0.359 e. The molecule has 1 aliphatic heterocycles. The summed E-state index contributed by atoms with van der Waals surface area (Å²) in [7, 11) is 0. The van der Waals surface area contributed by atoms with E-state index in [2.05, 4.69) is 41.9 Å². The summed E-state index contributed by atoms with van der Waals surface area (Å²) in [6.45, 7) is 2.45. The van der Waals surface area contributed by atoms with Crippen molar-refractivity contribution in [2.45, 2.75) is 38.1 Å². The van der Waals surface area contributed by atoms with Crippen LogP contribution < -0.4 is 15.5 Å². The second kappa shape index (κ2) is 8.57. The van der Waals surface area contributed by atoms with Crippen LogP contribution >= 0.6 is 0 Å². The van der Waals surface area contributed by atoms with Crippen molar-refractivity contribution in [1.82, 2.24) is 25.3 Å². The predicted molar refractivity (Wildman–Crippen MR) is 127 cm³/mol. The molecule has 33 heavy (non-hydrogen) atoms. The van der Waals surface area contributed by atoms with Gasteiger partial charge in [0.25, 0.3) is 0 Å². The Bertz CT molecular complexity index is 1220. The first-order valence-electron chi connectivity index (χ1n) is 11.5. The molecular weight excluding hydrogens is 416 g/mol. The number of aromatic amines is 1. The number of aromatic nitrogens is 5. The van der Waals surface area contributed by atoms with E-state index in [1.807, 2.05) is 42.5 Å². The standard InChI is InChI=1S/C24H26N8O/c1-2-6-16(7-3-1)20-12-18(33-31-20)15-25-24-27-21(14-23(28-24)32-10-4-5-11-32)26-22-13-19(29-30-22)17-8-9-17/h1-3,6-7,12-14,17H,4-5,8-11,15H2,(H3,25,26,27,28,29,30). The van der Waals surface area contributed by atoms with Gasteiger partial charge in [-0.1, -0.05) is 35.5 Å². The fourth-order valence-electron chi connectivity index (χ4n) is 4.13. The van der Waals surface area contributed by atoms with Crippen LogP contribution in [-0.2, 0) is 6.54 Å². The quantitative estimate of drug-likeness (QED) is 0.361. The molecule has 9 nitrogen and oxygen atoms in total. The first kappa shape index (κ1) is 19.8. The van der Waals surface area contributed by atoms with E-state index in [1.54, 1.807) is 0 Å². The SMILES string of the molecule is c1ccc(-c2cc(CNc3nc(Nc4cc(C5CC5)[nH]n4)cc(N4CCCC4)n3)on2)cc1. The Labute approximate surface area is 191 Å². The van der Waals surface area contributed by atoms with E-state index in [0.717, 1.165) is 41.7 Å². The van der Waals surface area contributed by atoms with E-state index in [1.165, 1.54) is 31.4 Å². The van der Waals surface area contributed by atoms with Crippen molar-refractivity contribution in [3.8, 4) is 11.3 Å². The van der Waals surface area contributed by atoms with Crippen LogP contribution in [0.2, 0.25) is 0 Å². The molecule has 1 aliphatic carbocycles. The highest BCUT2D eigenvalue weighted by Crippen LogP contribution is 2.39. The Balaban J connectivity index is 1.20. The second-order valence-corrected chi connectivity index (χ2v) is 8.63. The number of hydrogen-bond donors (Lipinski definition) is 3. The van der Waals surface area contributed by atoms with Crippen LogP contribution in [-0.4, -0.2) is 38.4 Å². The summed E-state index contributed by atoms with van der Waals surface area (Å²) in [5.41, 5.74) is 3.02. The maximum atomic E-state index is 5.52. The van der Waals surface area contributed by atoms with Gasteiger partial charge in [-0.25, -0.2) is 0 Å². The summed E-state index contributed by atoms with van der Waals surface area (Å²) in [6.07, 6.45) is 4.83. The molecule has 1 saturated carbocycles. The van der Waals surface area contributed by atoms with Gasteiger partial charge in [0.1, 0.15) is 17.3 Å². The molecular formula is C24H26N8O. The van der Waals surface area contributed by atoms with Crippen LogP contribution in [0.3, 0.4) is 0 Å². The van der Waals surface area contributed by atoms with Crippen LogP contribution in [0.1, 0.15) is 43.1 Å². The predicted octanol–water partition coefficient (Wildman–Crippen LogP) is 4.69. The topological polar surface area (TPSA) is 108 Å². The Kier molecular flexibility index (Phi) is 5.14. The summed E-state index contributed by atoms with van der Waals surface area (Å²) in [5.74, 6) is 4.28. The maximum absolute atomic E-state index is 5.52. The normalized spacial score (nSPS) is 15.7. The lowest BCUT2D eigenvalue weighted by molar-refractivity contribution is 0.390. The molecule has 0 atom stereocenters. The Hall–Kier alpha value is -3.88. The van der Waals surface area contributed by atoms with Gasteiger partial charge in [-0.15, -0.1) is 0 Å². The smallest absolute Gasteiger partial charge is 0.227 e. The number of anilines is 4. The lowest BCUT2D eigenvalue weighted by atomic mass is 10.1. The molecule has 2 fully saturated rings. The summed E-state index contributed by atoms with van der Waals surface area (Å²) in [5, 5.41) is 18.4. The number of nitrogens with one attached hydrogen (secondary N) is 3. The molecule has 3 aromatic heterocycles. The third-order valence-corrected chi connectivity index (χ3v) is 6.06. The third-order valence-electron chi connectivity index (χ3n) is 6.06. The molecule has 9 heteroatoms. The van der Waals surface area contributed by atoms with Gasteiger partial charge in [0.15, 0.2) is 11.6 Å². The number of hydrogen-bond acceptors (Lipinski definition) is 8. The average molecular weight is 443 g/mol. The summed E-state index contributed by atoms with van der Waals surface area (Å²) >= 11 is 0. The molecule has 4 aromatic rings. The lowest BCUT2D eigenvalue weighted by Crippen LogP contribution is -2.20. The maximum Gasteiger partial charge on any atom is 0.227 e. The molecule has 0 amide bonds. The van der Waals surface area contributed by atoms with Crippen LogP contribution in [0.5, 0.6) is 0 Å². The molecule has 1 aromatic carbocycles. The molecule has 6 rings (SSSR count). The molecule has 168 valence electrons. The Morgan fingerprint density at radius 2 is 1.85 bits per heavy atom. The van der Waals surface area contributed by atoms with E-state index in [0.29, 0.717) is 24.2 Å². The zero-order chi connectivity index (χ0) is 22.0. The molecule has 0 bridgehead atoms. The van der Waals surface area contributed by atoms with Gasteiger partial charge in [0, 0.05) is 48.5 Å². The Morgan fingerprint density at radius 3 is 2.67 bits per heavy atom. The highest BCUT2D eigenvalue weighted by molar-refractivity contribution is 5.61. The highest BCUT2D eigenvalue weighted by atomic mass is 16.5. The molecule has 1 saturated heterocycles. The van der Waals surface area contributed by atoms with E-state index in [4.69, 9.17) is 9.51 Å². The molecule has 3 N–H and O–H groups in total. The van der Waals surface area contributed by atoms with Crippen molar-refractivity contribution in [3.63, 3.8) is 0 Å². The van der Waals surface area contributed by atoms with Crippen LogP contribution in [0, 0.1) is 0 Å².